The van der Waals surface area contributed by atoms with Crippen LogP contribution in [-0.4, -0.2) is 56.4 Å². The SMILES string of the molecule is O=C(c1cccc(O)c1)N1CCN(Cc2cn3ccsc3n2)CC1. The third kappa shape index (κ3) is 3.00. The van der Waals surface area contributed by atoms with E-state index < -0.39 is 0 Å². The summed E-state index contributed by atoms with van der Waals surface area (Å²) in [5.74, 6) is 0.104. The van der Waals surface area contributed by atoms with Gasteiger partial charge in [-0.05, 0) is 18.2 Å². The van der Waals surface area contributed by atoms with E-state index in [1.807, 2.05) is 20.9 Å². The van der Waals surface area contributed by atoms with Crippen molar-refractivity contribution in [2.24, 2.45) is 0 Å². The number of hydrogen-bond donors (Lipinski definition) is 1. The van der Waals surface area contributed by atoms with Crippen LogP contribution in [0.1, 0.15) is 16.1 Å². The lowest BCUT2D eigenvalue weighted by Crippen LogP contribution is -2.48. The highest BCUT2D eigenvalue weighted by atomic mass is 32.1. The first-order valence-corrected chi connectivity index (χ1v) is 8.79. The fourth-order valence-electron chi connectivity index (χ4n) is 3.01. The summed E-state index contributed by atoms with van der Waals surface area (Å²) in [4.78, 5) is 22.3. The number of hydrogen-bond acceptors (Lipinski definition) is 5. The lowest BCUT2D eigenvalue weighted by atomic mass is 10.1. The standard InChI is InChI=1S/C17H18N4O2S/c22-15-3-1-2-13(10-15)16(23)20-6-4-19(5-7-20)11-14-12-21-8-9-24-17(21)18-14/h1-3,8-10,12,22H,4-7,11H2. The summed E-state index contributed by atoms with van der Waals surface area (Å²) in [7, 11) is 0. The van der Waals surface area contributed by atoms with Gasteiger partial charge in [0.25, 0.3) is 5.91 Å². The summed E-state index contributed by atoms with van der Waals surface area (Å²) in [5, 5.41) is 11.5. The van der Waals surface area contributed by atoms with Gasteiger partial charge in [-0.25, -0.2) is 4.98 Å². The number of phenolic OH excluding ortho intramolecular Hbond substituents is 1. The Kier molecular flexibility index (Phi) is 3.95. The summed E-state index contributed by atoms with van der Waals surface area (Å²) in [6.45, 7) is 3.85. The number of benzene rings is 1. The van der Waals surface area contributed by atoms with Gasteiger partial charge in [-0.3, -0.25) is 14.1 Å². The summed E-state index contributed by atoms with van der Waals surface area (Å²) in [5.41, 5.74) is 1.60. The van der Waals surface area contributed by atoms with E-state index in [-0.39, 0.29) is 11.7 Å². The highest BCUT2D eigenvalue weighted by molar-refractivity contribution is 7.15. The fraction of sp³-hybridized carbons (Fsp3) is 0.294. The second-order valence-electron chi connectivity index (χ2n) is 5.94. The van der Waals surface area contributed by atoms with Gasteiger partial charge in [-0.15, -0.1) is 11.3 Å². The Balaban J connectivity index is 1.36. The Morgan fingerprint density at radius 2 is 2.08 bits per heavy atom. The molecular formula is C17H18N4O2S. The molecule has 2 aromatic heterocycles. The van der Waals surface area contributed by atoms with Crippen LogP contribution in [0.4, 0.5) is 0 Å². The van der Waals surface area contributed by atoms with E-state index in [1.54, 1.807) is 29.5 Å². The van der Waals surface area contributed by atoms with E-state index in [1.165, 1.54) is 6.07 Å². The molecule has 1 aliphatic heterocycles. The molecule has 1 fully saturated rings. The van der Waals surface area contributed by atoms with E-state index in [9.17, 15) is 9.90 Å². The monoisotopic (exact) mass is 342 g/mol. The van der Waals surface area contributed by atoms with Crippen molar-refractivity contribution in [3.63, 3.8) is 0 Å². The Bertz CT molecular complexity index is 836. The van der Waals surface area contributed by atoms with Gasteiger partial charge in [0.15, 0.2) is 4.96 Å². The number of imidazole rings is 1. The van der Waals surface area contributed by atoms with Crippen molar-refractivity contribution in [1.29, 1.82) is 0 Å². The fourth-order valence-corrected chi connectivity index (χ4v) is 3.73. The zero-order valence-corrected chi connectivity index (χ0v) is 13.9. The number of rotatable bonds is 3. The van der Waals surface area contributed by atoms with Crippen LogP contribution in [-0.2, 0) is 6.54 Å². The average molecular weight is 342 g/mol. The number of aromatic hydroxyl groups is 1. The molecule has 0 saturated carbocycles. The van der Waals surface area contributed by atoms with E-state index in [4.69, 9.17) is 0 Å². The number of phenols is 1. The third-order valence-electron chi connectivity index (χ3n) is 4.28. The molecule has 0 aliphatic carbocycles. The molecule has 1 N–H and O–H groups in total. The number of amides is 1. The number of piperazine rings is 1. The molecule has 1 amide bonds. The third-order valence-corrected chi connectivity index (χ3v) is 5.05. The second-order valence-corrected chi connectivity index (χ2v) is 6.82. The van der Waals surface area contributed by atoms with Crippen molar-refractivity contribution >= 4 is 22.2 Å². The number of thiazole rings is 1. The van der Waals surface area contributed by atoms with Crippen molar-refractivity contribution in [2.75, 3.05) is 26.2 Å². The van der Waals surface area contributed by atoms with Crippen LogP contribution in [0.15, 0.2) is 42.0 Å². The molecule has 0 radical (unpaired) electrons. The first-order valence-electron chi connectivity index (χ1n) is 7.91. The first kappa shape index (κ1) is 15.2. The van der Waals surface area contributed by atoms with Crippen molar-refractivity contribution in [3.05, 3.63) is 53.3 Å². The molecule has 0 atom stereocenters. The lowest BCUT2D eigenvalue weighted by Gasteiger charge is -2.34. The van der Waals surface area contributed by atoms with Gasteiger partial charge in [0, 0.05) is 56.1 Å². The minimum Gasteiger partial charge on any atom is -0.508 e. The second kappa shape index (κ2) is 6.26. The van der Waals surface area contributed by atoms with Crippen molar-refractivity contribution in [1.82, 2.24) is 19.2 Å². The normalized spacial score (nSPS) is 15.9. The summed E-state index contributed by atoms with van der Waals surface area (Å²) in [6.07, 6.45) is 4.08. The van der Waals surface area contributed by atoms with Crippen molar-refractivity contribution < 1.29 is 9.90 Å². The predicted octanol–water partition coefficient (Wildman–Crippen LogP) is 2.06. The van der Waals surface area contributed by atoms with E-state index in [2.05, 4.69) is 16.1 Å². The number of carbonyl (C=O) groups excluding carboxylic acids is 1. The molecule has 1 aromatic carbocycles. The van der Waals surface area contributed by atoms with Gasteiger partial charge >= 0.3 is 0 Å². The number of fused-ring (bicyclic) bond motifs is 1. The Labute approximate surface area is 143 Å². The molecule has 1 saturated heterocycles. The van der Waals surface area contributed by atoms with Crippen LogP contribution in [0, 0.1) is 0 Å². The molecule has 3 aromatic rings. The van der Waals surface area contributed by atoms with Gasteiger partial charge < -0.3 is 10.0 Å². The molecule has 3 heterocycles. The Hall–Kier alpha value is -2.38. The Morgan fingerprint density at radius 1 is 1.25 bits per heavy atom. The zero-order valence-electron chi connectivity index (χ0n) is 13.1. The number of carbonyl (C=O) groups is 1. The quantitative estimate of drug-likeness (QED) is 0.791. The van der Waals surface area contributed by atoms with Crippen molar-refractivity contribution in [3.8, 4) is 5.75 Å². The van der Waals surface area contributed by atoms with Crippen LogP contribution < -0.4 is 0 Å². The molecule has 0 unspecified atom stereocenters. The van der Waals surface area contributed by atoms with Crippen LogP contribution in [0.2, 0.25) is 0 Å². The molecule has 1 aliphatic rings. The summed E-state index contributed by atoms with van der Waals surface area (Å²) >= 11 is 1.63. The minimum absolute atomic E-state index is 0.0203. The van der Waals surface area contributed by atoms with Crippen LogP contribution in [0.25, 0.3) is 4.96 Å². The first-order chi connectivity index (χ1) is 11.7. The molecule has 7 heteroatoms. The molecule has 6 nitrogen and oxygen atoms in total. The summed E-state index contributed by atoms with van der Waals surface area (Å²) in [6, 6.07) is 6.53. The van der Waals surface area contributed by atoms with E-state index in [0.717, 1.165) is 30.3 Å². The number of aromatic nitrogens is 2. The summed E-state index contributed by atoms with van der Waals surface area (Å²) < 4.78 is 2.04. The zero-order chi connectivity index (χ0) is 16.5. The van der Waals surface area contributed by atoms with Gasteiger partial charge in [-0.1, -0.05) is 6.07 Å². The molecule has 24 heavy (non-hydrogen) atoms. The highest BCUT2D eigenvalue weighted by Gasteiger charge is 2.22. The molecule has 4 rings (SSSR count). The molecule has 124 valence electrons. The topological polar surface area (TPSA) is 61.1 Å². The van der Waals surface area contributed by atoms with Gasteiger partial charge in [0.1, 0.15) is 5.75 Å². The minimum atomic E-state index is -0.0203. The van der Waals surface area contributed by atoms with Gasteiger partial charge in [0.2, 0.25) is 0 Å². The molecule has 0 bridgehead atoms. The molecular weight excluding hydrogens is 324 g/mol. The van der Waals surface area contributed by atoms with Crippen LogP contribution in [0.5, 0.6) is 5.75 Å². The maximum Gasteiger partial charge on any atom is 0.254 e. The average Bonchev–Trinajstić information content (AvgIpc) is 3.16. The van der Waals surface area contributed by atoms with E-state index in [0.29, 0.717) is 18.7 Å². The van der Waals surface area contributed by atoms with Crippen LogP contribution in [0.3, 0.4) is 0 Å². The van der Waals surface area contributed by atoms with E-state index >= 15 is 0 Å². The van der Waals surface area contributed by atoms with Crippen molar-refractivity contribution in [2.45, 2.75) is 6.54 Å². The van der Waals surface area contributed by atoms with Crippen LogP contribution >= 0.6 is 11.3 Å². The maximum absolute atomic E-state index is 12.5. The predicted molar refractivity (Wildman–Crippen MR) is 92.4 cm³/mol. The smallest absolute Gasteiger partial charge is 0.254 e. The largest absolute Gasteiger partial charge is 0.508 e. The van der Waals surface area contributed by atoms with Gasteiger partial charge in [0.05, 0.1) is 5.69 Å². The number of nitrogens with zero attached hydrogens (tertiary/aromatic N) is 4. The Morgan fingerprint density at radius 3 is 2.83 bits per heavy atom. The molecule has 0 spiro atoms. The lowest BCUT2D eigenvalue weighted by molar-refractivity contribution is 0.0627. The highest BCUT2D eigenvalue weighted by Crippen LogP contribution is 2.16. The van der Waals surface area contributed by atoms with Gasteiger partial charge in [-0.2, -0.15) is 0 Å². The maximum atomic E-state index is 12.5.